The molecular formula is C37H38N4O5S. The Balaban J connectivity index is 1.20. The Morgan fingerprint density at radius 1 is 0.915 bits per heavy atom. The van der Waals surface area contributed by atoms with Gasteiger partial charge in [0.05, 0.1) is 16.8 Å². The van der Waals surface area contributed by atoms with Crippen LogP contribution in [0, 0.1) is 6.92 Å². The zero-order valence-corrected chi connectivity index (χ0v) is 27.2. The molecule has 47 heavy (non-hydrogen) atoms. The van der Waals surface area contributed by atoms with Gasteiger partial charge in [-0.25, -0.2) is 14.8 Å². The Morgan fingerprint density at radius 2 is 1.72 bits per heavy atom. The summed E-state index contributed by atoms with van der Waals surface area (Å²) in [6, 6.07) is 22.9. The van der Waals surface area contributed by atoms with Crippen molar-refractivity contribution in [3.63, 3.8) is 0 Å². The first-order chi connectivity index (χ1) is 22.9. The van der Waals surface area contributed by atoms with Crippen molar-refractivity contribution in [2.75, 3.05) is 30.0 Å². The number of carbonyl (C=O) groups excluding carboxylic acids is 1. The lowest BCUT2D eigenvalue weighted by Crippen LogP contribution is -2.33. The second-order valence-electron chi connectivity index (χ2n) is 11.7. The lowest BCUT2D eigenvalue weighted by molar-refractivity contribution is 0.0691. The molecule has 2 aromatic heterocycles. The maximum atomic E-state index is 13.5. The molecule has 0 saturated heterocycles. The van der Waals surface area contributed by atoms with Gasteiger partial charge < -0.3 is 19.8 Å². The number of benzene rings is 3. The topological polar surface area (TPSA) is 125 Å². The monoisotopic (exact) mass is 650 g/mol. The summed E-state index contributed by atoms with van der Waals surface area (Å²) in [5, 5.41) is 22.7. The number of carbonyl (C=O) groups is 2. The van der Waals surface area contributed by atoms with Gasteiger partial charge in [-0.05, 0) is 84.8 Å². The van der Waals surface area contributed by atoms with Crippen LogP contribution in [0.3, 0.4) is 0 Å². The zero-order chi connectivity index (χ0) is 32.8. The fraction of sp³-hybridized carbons (Fsp3) is 0.297. The second kappa shape index (κ2) is 14.7. The summed E-state index contributed by atoms with van der Waals surface area (Å²) < 4.78 is 7.08. The Morgan fingerprint density at radius 3 is 2.55 bits per heavy atom. The smallest absolute Gasteiger partial charge is 0.355 e. The van der Waals surface area contributed by atoms with E-state index in [-0.39, 0.29) is 18.2 Å². The summed E-state index contributed by atoms with van der Waals surface area (Å²) >= 11 is 1.43. The molecule has 3 aromatic carbocycles. The minimum atomic E-state index is -1.11. The van der Waals surface area contributed by atoms with E-state index in [1.54, 1.807) is 0 Å². The summed E-state index contributed by atoms with van der Waals surface area (Å²) in [5.41, 5.74) is 5.52. The van der Waals surface area contributed by atoms with E-state index in [0.717, 1.165) is 70.3 Å². The third kappa shape index (κ3) is 7.29. The third-order valence-corrected chi connectivity index (χ3v) is 9.53. The molecule has 0 fully saturated rings. The van der Waals surface area contributed by atoms with Crippen LogP contribution >= 0.6 is 11.3 Å². The number of amides is 1. The van der Waals surface area contributed by atoms with Crippen molar-refractivity contribution < 1.29 is 24.5 Å². The van der Waals surface area contributed by atoms with Crippen molar-refractivity contribution in [1.29, 1.82) is 0 Å². The molecule has 5 aromatic rings. The van der Waals surface area contributed by atoms with Crippen LogP contribution in [0.5, 0.6) is 5.75 Å². The normalized spacial score (nSPS) is 12.6. The minimum absolute atomic E-state index is 0.0284. The SMILES string of the molecule is Cc1c(OCCCCCCCO)cccc1-c1ccc(N2CCc3cccc(C(=O)Nc4nc5ccccc5s4)c3C2)nc1C(=O)O. The molecule has 3 heterocycles. The van der Waals surface area contributed by atoms with Gasteiger partial charge >= 0.3 is 5.97 Å². The van der Waals surface area contributed by atoms with E-state index in [9.17, 15) is 14.7 Å². The second-order valence-corrected chi connectivity index (χ2v) is 12.7. The molecule has 1 amide bonds. The summed E-state index contributed by atoms with van der Waals surface area (Å²) in [6.07, 6.45) is 5.54. The number of hydrogen-bond acceptors (Lipinski definition) is 8. The Labute approximate surface area is 277 Å². The maximum absolute atomic E-state index is 13.5. The number of carboxylic acids is 1. The van der Waals surface area contributed by atoms with Crippen molar-refractivity contribution in [1.82, 2.24) is 9.97 Å². The van der Waals surface area contributed by atoms with Crippen LogP contribution < -0.4 is 15.0 Å². The number of carboxylic acid groups (broad SMARTS) is 1. The van der Waals surface area contributed by atoms with Crippen molar-refractivity contribution in [3.05, 3.63) is 101 Å². The van der Waals surface area contributed by atoms with Crippen molar-refractivity contribution in [3.8, 4) is 16.9 Å². The molecule has 0 aliphatic carbocycles. The number of nitrogens with zero attached hydrogens (tertiary/aromatic N) is 3. The van der Waals surface area contributed by atoms with Crippen LogP contribution in [-0.2, 0) is 13.0 Å². The predicted molar refractivity (Wildman–Crippen MR) is 186 cm³/mol. The number of thiazole rings is 1. The summed E-state index contributed by atoms with van der Waals surface area (Å²) in [4.78, 5) is 37.2. The largest absolute Gasteiger partial charge is 0.493 e. The van der Waals surface area contributed by atoms with Gasteiger partial charge in [0.2, 0.25) is 0 Å². The lowest BCUT2D eigenvalue weighted by Gasteiger charge is -2.31. The number of anilines is 2. The average molecular weight is 651 g/mol. The number of aromatic carboxylic acids is 1. The number of aromatic nitrogens is 2. The first kappa shape index (κ1) is 32.2. The lowest BCUT2D eigenvalue weighted by atomic mass is 9.94. The van der Waals surface area contributed by atoms with Crippen LogP contribution in [-0.4, -0.2) is 51.8 Å². The van der Waals surface area contributed by atoms with Gasteiger partial charge in [-0.2, -0.15) is 0 Å². The van der Waals surface area contributed by atoms with Crippen molar-refractivity contribution in [2.45, 2.75) is 52.0 Å². The van der Waals surface area contributed by atoms with Crippen LogP contribution in [0.2, 0.25) is 0 Å². The Bertz CT molecular complexity index is 1870. The molecule has 1 aliphatic heterocycles. The molecule has 9 nitrogen and oxygen atoms in total. The molecule has 10 heteroatoms. The quantitative estimate of drug-likeness (QED) is 0.112. The van der Waals surface area contributed by atoms with E-state index in [0.29, 0.717) is 48.2 Å². The van der Waals surface area contributed by atoms with Gasteiger partial charge in [0, 0.05) is 30.8 Å². The van der Waals surface area contributed by atoms with Crippen molar-refractivity contribution in [2.24, 2.45) is 0 Å². The fourth-order valence-electron chi connectivity index (χ4n) is 6.07. The molecule has 0 radical (unpaired) electrons. The molecule has 6 rings (SSSR count). The van der Waals surface area contributed by atoms with Gasteiger partial charge in [0.15, 0.2) is 10.8 Å². The summed E-state index contributed by atoms with van der Waals surface area (Å²) in [5.74, 6) is -0.0627. The molecule has 0 saturated carbocycles. The average Bonchev–Trinajstić information content (AvgIpc) is 3.50. The van der Waals surface area contributed by atoms with Gasteiger partial charge in [-0.3, -0.25) is 10.1 Å². The Hall–Kier alpha value is -4.80. The number of pyridine rings is 1. The third-order valence-electron chi connectivity index (χ3n) is 8.57. The molecular weight excluding hydrogens is 612 g/mol. The van der Waals surface area contributed by atoms with Crippen LogP contribution in [0.25, 0.3) is 21.3 Å². The van der Waals surface area contributed by atoms with Gasteiger partial charge in [-0.1, -0.05) is 67.0 Å². The number of nitrogens with one attached hydrogen (secondary N) is 1. The highest BCUT2D eigenvalue weighted by molar-refractivity contribution is 7.22. The first-order valence-electron chi connectivity index (χ1n) is 16.0. The van der Waals surface area contributed by atoms with E-state index in [1.165, 1.54) is 11.3 Å². The van der Waals surface area contributed by atoms with E-state index in [1.807, 2.05) is 84.6 Å². The fourth-order valence-corrected chi connectivity index (χ4v) is 6.93. The van der Waals surface area contributed by atoms with Gasteiger partial charge in [0.1, 0.15) is 11.6 Å². The molecule has 3 N–H and O–H groups in total. The number of ether oxygens (including phenoxy) is 1. The summed E-state index contributed by atoms with van der Waals surface area (Å²) in [7, 11) is 0. The molecule has 242 valence electrons. The van der Waals surface area contributed by atoms with Crippen LogP contribution in [0.1, 0.15) is 69.6 Å². The maximum Gasteiger partial charge on any atom is 0.355 e. The molecule has 0 spiro atoms. The van der Waals surface area contributed by atoms with E-state index < -0.39 is 5.97 Å². The Kier molecular flexibility index (Phi) is 10.1. The van der Waals surface area contributed by atoms with Crippen LogP contribution in [0.4, 0.5) is 10.9 Å². The number of hydrogen-bond donors (Lipinski definition) is 3. The number of aliphatic hydroxyl groups excluding tert-OH is 1. The van der Waals surface area contributed by atoms with E-state index >= 15 is 0 Å². The van der Waals surface area contributed by atoms with Gasteiger partial charge in [0.25, 0.3) is 5.91 Å². The van der Waals surface area contributed by atoms with E-state index in [2.05, 4.69) is 15.3 Å². The standard InChI is InChI=1S/C37H38N4O5S/c1-24-26(12-10-15-31(24)46-22-8-4-2-3-7-21-42)27-17-18-33(39-34(27)36(44)45)41-20-19-25-11-9-13-28(29(25)23-41)35(43)40-37-38-30-14-5-6-16-32(30)47-37/h5-6,9-18,42H,2-4,7-8,19-23H2,1H3,(H,44,45)(H,38,40,43). The minimum Gasteiger partial charge on any atom is -0.493 e. The summed E-state index contributed by atoms with van der Waals surface area (Å²) in [6.45, 7) is 3.81. The van der Waals surface area contributed by atoms with E-state index in [4.69, 9.17) is 9.84 Å². The molecule has 0 bridgehead atoms. The highest BCUT2D eigenvalue weighted by Crippen LogP contribution is 2.34. The number of aliphatic hydroxyl groups is 1. The zero-order valence-electron chi connectivity index (χ0n) is 26.4. The predicted octanol–water partition coefficient (Wildman–Crippen LogP) is 7.50. The first-order valence-corrected chi connectivity index (χ1v) is 16.8. The number of unbranched alkanes of at least 4 members (excludes halogenated alkanes) is 4. The number of para-hydroxylation sites is 1. The number of fused-ring (bicyclic) bond motifs is 2. The highest BCUT2D eigenvalue weighted by Gasteiger charge is 2.25. The molecule has 0 unspecified atom stereocenters. The van der Waals surface area contributed by atoms with Crippen LogP contribution in [0.15, 0.2) is 72.8 Å². The molecule has 0 atom stereocenters. The van der Waals surface area contributed by atoms with Crippen molar-refractivity contribution >= 4 is 44.4 Å². The molecule has 1 aliphatic rings. The van der Waals surface area contributed by atoms with Gasteiger partial charge in [-0.15, -0.1) is 0 Å². The highest BCUT2D eigenvalue weighted by atomic mass is 32.1. The number of rotatable bonds is 13.